The molecule has 2 nitrogen and oxygen atoms in total. The van der Waals surface area contributed by atoms with Crippen LogP contribution in [0.3, 0.4) is 0 Å². The number of rotatable bonds is 2. The first-order valence-electron chi connectivity index (χ1n) is 5.73. The van der Waals surface area contributed by atoms with Crippen molar-refractivity contribution in [3.63, 3.8) is 0 Å². The summed E-state index contributed by atoms with van der Waals surface area (Å²) in [5.41, 5.74) is 10.7. The van der Waals surface area contributed by atoms with Gasteiger partial charge in [0, 0.05) is 18.6 Å². The number of nitrogens with zero attached hydrogens (tertiary/aromatic N) is 1. The molecule has 3 rings (SSSR count). The fourth-order valence-electron chi connectivity index (χ4n) is 2.47. The van der Waals surface area contributed by atoms with E-state index in [1.54, 1.807) is 0 Å². The molecule has 1 fully saturated rings. The van der Waals surface area contributed by atoms with E-state index in [1.807, 2.05) is 0 Å². The van der Waals surface area contributed by atoms with Crippen molar-refractivity contribution in [2.75, 3.05) is 7.05 Å². The second-order valence-corrected chi connectivity index (χ2v) is 5.31. The van der Waals surface area contributed by atoms with E-state index in [2.05, 4.69) is 30.1 Å². The van der Waals surface area contributed by atoms with Crippen LogP contribution in [0.15, 0.2) is 18.2 Å². The minimum atomic E-state index is 0.138. The third kappa shape index (κ3) is 1.80. The van der Waals surface area contributed by atoms with Crippen LogP contribution in [0.4, 0.5) is 0 Å². The largest absolute Gasteiger partial charge is 0.325 e. The lowest BCUT2D eigenvalue weighted by Crippen LogP contribution is -2.24. The van der Waals surface area contributed by atoms with Gasteiger partial charge < -0.3 is 5.73 Å². The van der Waals surface area contributed by atoms with E-state index < -0.39 is 0 Å². The van der Waals surface area contributed by atoms with Gasteiger partial charge >= 0.3 is 0 Å². The van der Waals surface area contributed by atoms with Crippen LogP contribution >= 0.6 is 0 Å². The summed E-state index contributed by atoms with van der Waals surface area (Å²) >= 11 is 0. The zero-order chi connectivity index (χ0) is 10.5. The highest BCUT2D eigenvalue weighted by Gasteiger charge is 2.38. The highest BCUT2D eigenvalue weighted by molar-refractivity contribution is 5.35. The molecule has 1 aromatic carbocycles. The van der Waals surface area contributed by atoms with Crippen LogP contribution in [0.2, 0.25) is 0 Å². The highest BCUT2D eigenvalue weighted by Crippen LogP contribution is 2.36. The Labute approximate surface area is 91.1 Å². The number of hydrogen-bond acceptors (Lipinski definition) is 2. The van der Waals surface area contributed by atoms with E-state index >= 15 is 0 Å². The van der Waals surface area contributed by atoms with E-state index in [1.165, 1.54) is 29.5 Å². The second-order valence-electron chi connectivity index (χ2n) is 5.31. The summed E-state index contributed by atoms with van der Waals surface area (Å²) in [4.78, 5) is 2.35. The molecular formula is C13H18N2. The topological polar surface area (TPSA) is 29.3 Å². The molecule has 0 spiro atoms. The van der Waals surface area contributed by atoms with Gasteiger partial charge in [-0.05, 0) is 43.0 Å². The predicted molar refractivity (Wildman–Crippen MR) is 61.5 cm³/mol. The summed E-state index contributed by atoms with van der Waals surface area (Å²) < 4.78 is 0. The summed E-state index contributed by atoms with van der Waals surface area (Å²) in [7, 11) is 2.17. The monoisotopic (exact) mass is 202 g/mol. The fourth-order valence-corrected chi connectivity index (χ4v) is 2.47. The first-order chi connectivity index (χ1) is 7.15. The zero-order valence-electron chi connectivity index (χ0n) is 9.29. The third-order valence-corrected chi connectivity index (χ3v) is 3.60. The number of fused-ring (bicyclic) bond motifs is 1. The van der Waals surface area contributed by atoms with Crippen molar-refractivity contribution in [1.82, 2.24) is 4.90 Å². The molecule has 1 aliphatic heterocycles. The molecule has 15 heavy (non-hydrogen) atoms. The molecule has 1 saturated carbocycles. The molecule has 0 aromatic heterocycles. The molecule has 2 N–H and O–H groups in total. The molecule has 0 atom stereocenters. The number of benzene rings is 1. The Morgan fingerprint density at radius 1 is 1.27 bits per heavy atom. The second kappa shape index (κ2) is 3.06. The van der Waals surface area contributed by atoms with Crippen LogP contribution in [0.25, 0.3) is 0 Å². The van der Waals surface area contributed by atoms with Crippen molar-refractivity contribution in [3.05, 3.63) is 34.9 Å². The van der Waals surface area contributed by atoms with Gasteiger partial charge in [-0.2, -0.15) is 0 Å². The van der Waals surface area contributed by atoms with E-state index in [9.17, 15) is 0 Å². The van der Waals surface area contributed by atoms with Crippen molar-refractivity contribution in [1.29, 1.82) is 0 Å². The van der Waals surface area contributed by atoms with Gasteiger partial charge in [0.25, 0.3) is 0 Å². The lowest BCUT2D eigenvalue weighted by molar-refractivity contribution is 0.353. The van der Waals surface area contributed by atoms with Crippen LogP contribution in [0, 0.1) is 0 Å². The highest BCUT2D eigenvalue weighted by atomic mass is 15.1. The van der Waals surface area contributed by atoms with Gasteiger partial charge in [-0.3, -0.25) is 4.90 Å². The smallest absolute Gasteiger partial charge is 0.0237 e. The summed E-state index contributed by atoms with van der Waals surface area (Å²) in [6.07, 6.45) is 3.46. The van der Waals surface area contributed by atoms with Crippen LogP contribution in [-0.2, 0) is 19.5 Å². The first kappa shape index (κ1) is 9.37. The molecule has 0 unspecified atom stereocenters. The minimum absolute atomic E-state index is 0.138. The lowest BCUT2D eigenvalue weighted by atomic mass is 10.0. The average molecular weight is 202 g/mol. The van der Waals surface area contributed by atoms with Crippen molar-refractivity contribution < 1.29 is 0 Å². The van der Waals surface area contributed by atoms with Crippen molar-refractivity contribution >= 4 is 0 Å². The van der Waals surface area contributed by atoms with Gasteiger partial charge in [0.05, 0.1) is 0 Å². The maximum atomic E-state index is 6.14. The van der Waals surface area contributed by atoms with Crippen LogP contribution in [0.5, 0.6) is 0 Å². The molecule has 0 bridgehead atoms. The molecule has 80 valence electrons. The minimum Gasteiger partial charge on any atom is -0.325 e. The van der Waals surface area contributed by atoms with Crippen molar-refractivity contribution in [2.45, 2.75) is 37.9 Å². The Balaban J connectivity index is 1.83. The van der Waals surface area contributed by atoms with Gasteiger partial charge in [-0.15, -0.1) is 0 Å². The molecule has 0 radical (unpaired) electrons. The average Bonchev–Trinajstić information content (AvgIpc) is 2.76. The van der Waals surface area contributed by atoms with Gasteiger partial charge in [-0.25, -0.2) is 0 Å². The predicted octanol–water partition coefficient (Wildman–Crippen LogP) is 1.67. The van der Waals surface area contributed by atoms with Crippen LogP contribution in [-0.4, -0.2) is 17.5 Å². The van der Waals surface area contributed by atoms with E-state index in [-0.39, 0.29) is 5.54 Å². The normalized spacial score (nSPS) is 22.8. The van der Waals surface area contributed by atoms with Crippen molar-refractivity contribution in [2.24, 2.45) is 5.73 Å². The van der Waals surface area contributed by atoms with Gasteiger partial charge in [-0.1, -0.05) is 18.2 Å². The SMILES string of the molecule is CN1Cc2ccc(CC3(N)CC3)cc2C1. The van der Waals surface area contributed by atoms with Gasteiger partial charge in [0.2, 0.25) is 0 Å². The van der Waals surface area contributed by atoms with E-state index in [0.29, 0.717) is 0 Å². The van der Waals surface area contributed by atoms with Gasteiger partial charge in [0.15, 0.2) is 0 Å². The number of nitrogens with two attached hydrogens (primary N) is 1. The maximum Gasteiger partial charge on any atom is 0.0237 e. The zero-order valence-corrected chi connectivity index (χ0v) is 9.29. The third-order valence-electron chi connectivity index (χ3n) is 3.60. The van der Waals surface area contributed by atoms with Crippen LogP contribution < -0.4 is 5.73 Å². The summed E-state index contributed by atoms with van der Waals surface area (Å²) in [6, 6.07) is 6.89. The Hall–Kier alpha value is -0.860. The number of hydrogen-bond donors (Lipinski definition) is 1. The Morgan fingerprint density at radius 3 is 2.73 bits per heavy atom. The summed E-state index contributed by atoms with van der Waals surface area (Å²) in [5, 5.41) is 0. The Bertz CT molecular complexity index is 394. The standard InChI is InChI=1S/C13H18N2/c1-15-8-11-3-2-10(6-12(11)9-15)7-13(14)4-5-13/h2-3,6H,4-5,7-9,14H2,1H3. The van der Waals surface area contributed by atoms with E-state index in [0.717, 1.165) is 19.5 Å². The Morgan fingerprint density at radius 2 is 2.00 bits per heavy atom. The summed E-state index contributed by atoms with van der Waals surface area (Å²) in [6.45, 7) is 2.20. The molecule has 0 saturated heterocycles. The van der Waals surface area contributed by atoms with E-state index in [4.69, 9.17) is 5.73 Å². The molecule has 1 aromatic rings. The molecule has 0 amide bonds. The fraction of sp³-hybridized carbons (Fsp3) is 0.538. The maximum absolute atomic E-state index is 6.14. The quantitative estimate of drug-likeness (QED) is 0.790. The van der Waals surface area contributed by atoms with Crippen molar-refractivity contribution in [3.8, 4) is 0 Å². The molecule has 1 aliphatic carbocycles. The Kier molecular flexibility index (Phi) is 1.91. The van der Waals surface area contributed by atoms with Gasteiger partial charge in [0.1, 0.15) is 0 Å². The molecule has 2 aliphatic rings. The first-order valence-corrected chi connectivity index (χ1v) is 5.73. The molecule has 2 heteroatoms. The molecular weight excluding hydrogens is 184 g/mol. The molecule has 1 heterocycles. The summed E-state index contributed by atoms with van der Waals surface area (Å²) in [5.74, 6) is 0. The lowest BCUT2D eigenvalue weighted by Gasteiger charge is -2.09. The van der Waals surface area contributed by atoms with Crippen LogP contribution in [0.1, 0.15) is 29.5 Å².